The summed E-state index contributed by atoms with van der Waals surface area (Å²) in [6, 6.07) is 10.7. The van der Waals surface area contributed by atoms with Crippen molar-refractivity contribution in [1.29, 1.82) is 0 Å². The second-order valence-electron chi connectivity index (χ2n) is 5.93. The summed E-state index contributed by atoms with van der Waals surface area (Å²) in [4.78, 5) is 26.5. The maximum absolute atomic E-state index is 13.5. The fourth-order valence-electron chi connectivity index (χ4n) is 2.41. The van der Waals surface area contributed by atoms with Gasteiger partial charge in [0, 0.05) is 24.2 Å². The van der Waals surface area contributed by atoms with Gasteiger partial charge in [-0.3, -0.25) is 14.9 Å². The number of nitro benzene ring substituents is 1. The van der Waals surface area contributed by atoms with Crippen molar-refractivity contribution >= 4 is 11.6 Å². The molecule has 138 valence electrons. The highest BCUT2D eigenvalue weighted by atomic mass is 19.1. The normalized spacial score (nSPS) is 10.6. The molecule has 1 N–H and O–H groups in total. The number of amides is 1. The van der Waals surface area contributed by atoms with Crippen LogP contribution >= 0.6 is 0 Å². The van der Waals surface area contributed by atoms with E-state index in [0.717, 1.165) is 0 Å². The molecule has 0 atom stereocenters. The molecular weight excluding hydrogens is 353 g/mol. The molecule has 3 rings (SSSR count). The lowest BCUT2D eigenvalue weighted by Gasteiger charge is -2.06. The molecule has 9 heteroatoms. The van der Waals surface area contributed by atoms with Gasteiger partial charge in [-0.25, -0.2) is 14.1 Å². The molecule has 0 saturated heterocycles. The summed E-state index contributed by atoms with van der Waals surface area (Å²) in [5.41, 5.74) is 1.62. The Kier molecular flexibility index (Phi) is 5.20. The second kappa shape index (κ2) is 7.73. The van der Waals surface area contributed by atoms with E-state index in [9.17, 15) is 19.3 Å². The monoisotopic (exact) mass is 369 g/mol. The number of carbonyl (C=O) groups is 1. The minimum Gasteiger partial charge on any atom is -0.350 e. The number of aryl methyl sites for hydroxylation is 1. The molecule has 0 aliphatic heterocycles. The summed E-state index contributed by atoms with van der Waals surface area (Å²) < 4.78 is 14.8. The van der Waals surface area contributed by atoms with Crippen LogP contribution in [0.1, 0.15) is 11.1 Å². The van der Waals surface area contributed by atoms with Gasteiger partial charge in [0.25, 0.3) is 5.69 Å². The fraction of sp³-hybridized carbons (Fsp3) is 0.167. The smallest absolute Gasteiger partial charge is 0.270 e. The number of nitrogens with zero attached hydrogens (tertiary/aromatic N) is 4. The molecular formula is C18H16FN5O3. The minimum absolute atomic E-state index is 0.0630. The van der Waals surface area contributed by atoms with Crippen LogP contribution in [0.2, 0.25) is 0 Å². The van der Waals surface area contributed by atoms with Gasteiger partial charge in [0.2, 0.25) is 5.91 Å². The molecule has 0 aliphatic rings. The van der Waals surface area contributed by atoms with E-state index in [4.69, 9.17) is 0 Å². The van der Waals surface area contributed by atoms with Gasteiger partial charge in [0.05, 0.1) is 4.92 Å². The Labute approximate surface area is 153 Å². The Morgan fingerprint density at radius 2 is 2.11 bits per heavy atom. The van der Waals surface area contributed by atoms with Crippen LogP contribution in [0.25, 0.3) is 11.4 Å². The first-order valence-electron chi connectivity index (χ1n) is 8.08. The average molecular weight is 369 g/mol. The topological polar surface area (TPSA) is 103 Å². The molecule has 0 aliphatic carbocycles. The summed E-state index contributed by atoms with van der Waals surface area (Å²) in [5.74, 6) is -0.349. The number of halogens is 1. The van der Waals surface area contributed by atoms with E-state index in [0.29, 0.717) is 16.7 Å². The zero-order chi connectivity index (χ0) is 19.4. The summed E-state index contributed by atoms with van der Waals surface area (Å²) in [5, 5.41) is 17.7. The van der Waals surface area contributed by atoms with Crippen LogP contribution < -0.4 is 5.32 Å². The molecule has 0 fully saturated rings. The van der Waals surface area contributed by atoms with Crippen LogP contribution in [-0.4, -0.2) is 25.6 Å². The van der Waals surface area contributed by atoms with Crippen molar-refractivity contribution in [1.82, 2.24) is 20.1 Å². The van der Waals surface area contributed by atoms with Gasteiger partial charge in [-0.1, -0.05) is 24.3 Å². The summed E-state index contributed by atoms with van der Waals surface area (Å²) in [6.07, 6.45) is 1.37. The highest BCUT2D eigenvalue weighted by Crippen LogP contribution is 2.20. The summed E-state index contributed by atoms with van der Waals surface area (Å²) in [7, 11) is 0. The lowest BCUT2D eigenvalue weighted by molar-refractivity contribution is -0.384. The lowest BCUT2D eigenvalue weighted by Crippen LogP contribution is -2.27. The number of nitrogens with one attached hydrogen (secondary N) is 1. The second-order valence-corrected chi connectivity index (χ2v) is 5.93. The Hall–Kier alpha value is -3.62. The third kappa shape index (κ3) is 4.51. The van der Waals surface area contributed by atoms with Crippen molar-refractivity contribution in [3.05, 3.63) is 75.9 Å². The molecule has 0 spiro atoms. The van der Waals surface area contributed by atoms with E-state index in [-0.39, 0.29) is 36.3 Å². The molecule has 0 saturated carbocycles. The molecule has 2 aromatic carbocycles. The van der Waals surface area contributed by atoms with E-state index in [1.165, 1.54) is 29.2 Å². The first-order valence-corrected chi connectivity index (χ1v) is 8.08. The first-order chi connectivity index (χ1) is 12.9. The number of aromatic nitrogens is 3. The van der Waals surface area contributed by atoms with Crippen molar-refractivity contribution in [3.8, 4) is 11.4 Å². The average Bonchev–Trinajstić information content (AvgIpc) is 3.11. The van der Waals surface area contributed by atoms with Crippen LogP contribution in [0, 0.1) is 22.9 Å². The molecule has 3 aromatic rings. The number of nitro groups is 1. The Balaban J connectivity index is 1.61. The number of hydrogen-bond donors (Lipinski definition) is 1. The predicted molar refractivity (Wildman–Crippen MR) is 95.1 cm³/mol. The largest absolute Gasteiger partial charge is 0.350 e. The first kappa shape index (κ1) is 18.2. The molecule has 1 amide bonds. The van der Waals surface area contributed by atoms with Crippen LogP contribution in [0.5, 0.6) is 0 Å². The maximum Gasteiger partial charge on any atom is 0.270 e. The van der Waals surface area contributed by atoms with Gasteiger partial charge >= 0.3 is 0 Å². The molecule has 8 nitrogen and oxygen atoms in total. The number of non-ortho nitro benzene ring substituents is 1. The predicted octanol–water partition coefficient (Wildman–Crippen LogP) is 2.62. The Morgan fingerprint density at radius 1 is 1.30 bits per heavy atom. The summed E-state index contributed by atoms with van der Waals surface area (Å²) >= 11 is 0. The SMILES string of the molecule is Cc1ccc(CNC(=O)Cn2cnc(-c3cccc([N+](=O)[O-])c3)n2)cc1F. The van der Waals surface area contributed by atoms with E-state index in [2.05, 4.69) is 15.4 Å². The molecule has 0 unspecified atom stereocenters. The standard InChI is InChI=1S/C18H16FN5O3/c1-12-5-6-13(7-16(12)19)9-20-17(25)10-23-11-21-18(22-23)14-3-2-4-15(8-14)24(26)27/h2-8,11H,9-10H2,1H3,(H,20,25). The van der Waals surface area contributed by atoms with Gasteiger partial charge in [0.1, 0.15) is 18.7 Å². The zero-order valence-electron chi connectivity index (χ0n) is 14.4. The van der Waals surface area contributed by atoms with Crippen molar-refractivity contribution in [3.63, 3.8) is 0 Å². The van der Waals surface area contributed by atoms with Crippen LogP contribution in [0.4, 0.5) is 10.1 Å². The highest BCUT2D eigenvalue weighted by molar-refractivity contribution is 5.75. The van der Waals surface area contributed by atoms with Crippen molar-refractivity contribution < 1.29 is 14.1 Å². The molecule has 1 heterocycles. The van der Waals surface area contributed by atoms with E-state index in [1.807, 2.05) is 0 Å². The Bertz CT molecular complexity index is 1000. The minimum atomic E-state index is -0.498. The molecule has 0 bridgehead atoms. The molecule has 0 radical (unpaired) electrons. The number of rotatable bonds is 6. The lowest BCUT2D eigenvalue weighted by atomic mass is 10.1. The van der Waals surface area contributed by atoms with Gasteiger partial charge in [0.15, 0.2) is 5.82 Å². The number of hydrogen-bond acceptors (Lipinski definition) is 5. The Morgan fingerprint density at radius 3 is 2.85 bits per heavy atom. The van der Waals surface area contributed by atoms with Gasteiger partial charge < -0.3 is 5.32 Å². The third-order valence-corrected chi connectivity index (χ3v) is 3.88. The van der Waals surface area contributed by atoms with Crippen molar-refractivity contribution in [2.75, 3.05) is 0 Å². The zero-order valence-corrected chi connectivity index (χ0v) is 14.4. The van der Waals surface area contributed by atoms with E-state index >= 15 is 0 Å². The van der Waals surface area contributed by atoms with E-state index in [1.54, 1.807) is 31.2 Å². The number of benzene rings is 2. The van der Waals surface area contributed by atoms with Gasteiger partial charge in [-0.05, 0) is 24.1 Å². The van der Waals surface area contributed by atoms with Crippen LogP contribution in [0.15, 0.2) is 48.8 Å². The maximum atomic E-state index is 13.5. The van der Waals surface area contributed by atoms with Gasteiger partial charge in [-0.15, -0.1) is 0 Å². The highest BCUT2D eigenvalue weighted by Gasteiger charge is 2.11. The number of carbonyl (C=O) groups excluding carboxylic acids is 1. The summed E-state index contributed by atoms with van der Waals surface area (Å²) in [6.45, 7) is 1.79. The quantitative estimate of drug-likeness (QED) is 0.531. The van der Waals surface area contributed by atoms with Crippen LogP contribution in [-0.2, 0) is 17.9 Å². The fourth-order valence-corrected chi connectivity index (χ4v) is 2.41. The van der Waals surface area contributed by atoms with Crippen molar-refractivity contribution in [2.45, 2.75) is 20.0 Å². The third-order valence-electron chi connectivity index (χ3n) is 3.88. The van der Waals surface area contributed by atoms with Gasteiger partial charge in [-0.2, -0.15) is 5.10 Å². The van der Waals surface area contributed by atoms with Crippen LogP contribution in [0.3, 0.4) is 0 Å². The molecule has 27 heavy (non-hydrogen) atoms. The van der Waals surface area contributed by atoms with E-state index < -0.39 is 4.92 Å². The molecule has 1 aromatic heterocycles. The van der Waals surface area contributed by atoms with Crippen molar-refractivity contribution in [2.24, 2.45) is 0 Å².